The molecule has 3 heteroatoms. The van der Waals surface area contributed by atoms with Gasteiger partial charge >= 0.3 is 5.97 Å². The second kappa shape index (κ2) is 5.02. The lowest BCUT2D eigenvalue weighted by Crippen LogP contribution is -2.00. The van der Waals surface area contributed by atoms with Crippen molar-refractivity contribution in [3.05, 3.63) is 12.3 Å². The van der Waals surface area contributed by atoms with Crippen molar-refractivity contribution in [3.63, 3.8) is 0 Å². The SMILES string of the molecule is C.C=C1CC(C)C(=O)O1.CC1CO1. The van der Waals surface area contributed by atoms with Gasteiger partial charge in [0.1, 0.15) is 5.76 Å². The maximum absolute atomic E-state index is 10.5. The molecule has 0 spiro atoms. The summed E-state index contributed by atoms with van der Waals surface area (Å²) in [7, 11) is 0. The van der Waals surface area contributed by atoms with Gasteiger partial charge in [-0.15, -0.1) is 0 Å². The predicted octanol–water partition coefficient (Wildman–Crippen LogP) is 2.12. The molecule has 76 valence electrons. The molecule has 0 bridgehead atoms. The van der Waals surface area contributed by atoms with Crippen molar-refractivity contribution in [1.29, 1.82) is 0 Å². The Bertz CT molecular complexity index is 194. The molecule has 0 aromatic carbocycles. The van der Waals surface area contributed by atoms with Gasteiger partial charge in [-0.3, -0.25) is 4.79 Å². The Balaban J connectivity index is 0.000000245. The summed E-state index contributed by atoms with van der Waals surface area (Å²) in [5.74, 6) is 0.486. The second-order valence-corrected chi connectivity index (χ2v) is 3.21. The Morgan fingerprint density at radius 2 is 1.92 bits per heavy atom. The van der Waals surface area contributed by atoms with E-state index in [0.29, 0.717) is 18.3 Å². The van der Waals surface area contributed by atoms with Gasteiger partial charge in [-0.1, -0.05) is 20.9 Å². The van der Waals surface area contributed by atoms with E-state index >= 15 is 0 Å². The zero-order valence-corrected chi connectivity index (χ0v) is 7.50. The molecule has 2 saturated heterocycles. The number of esters is 1. The van der Waals surface area contributed by atoms with Crippen LogP contribution in [-0.2, 0) is 14.3 Å². The van der Waals surface area contributed by atoms with Crippen LogP contribution < -0.4 is 0 Å². The van der Waals surface area contributed by atoms with E-state index in [-0.39, 0.29) is 19.3 Å². The monoisotopic (exact) mass is 186 g/mol. The van der Waals surface area contributed by atoms with Crippen LogP contribution in [0.4, 0.5) is 0 Å². The van der Waals surface area contributed by atoms with E-state index in [1.54, 1.807) is 0 Å². The van der Waals surface area contributed by atoms with Gasteiger partial charge in [-0.2, -0.15) is 0 Å². The van der Waals surface area contributed by atoms with Gasteiger partial charge in [0.25, 0.3) is 0 Å². The number of carbonyl (C=O) groups excluding carboxylic acids is 1. The fourth-order valence-corrected chi connectivity index (χ4v) is 0.806. The van der Waals surface area contributed by atoms with Crippen molar-refractivity contribution in [3.8, 4) is 0 Å². The first-order valence-electron chi connectivity index (χ1n) is 4.10. The van der Waals surface area contributed by atoms with Crippen LogP contribution in [0.2, 0.25) is 0 Å². The highest BCUT2D eigenvalue weighted by Gasteiger charge is 2.24. The average Bonchev–Trinajstić information content (AvgIpc) is 2.66. The Morgan fingerprint density at radius 3 is 2.00 bits per heavy atom. The quantitative estimate of drug-likeness (QED) is 0.429. The summed E-state index contributed by atoms with van der Waals surface area (Å²) in [5.41, 5.74) is 0. The van der Waals surface area contributed by atoms with Gasteiger partial charge in [-0.05, 0) is 6.92 Å². The first kappa shape index (κ1) is 12.2. The van der Waals surface area contributed by atoms with Crippen molar-refractivity contribution in [2.24, 2.45) is 5.92 Å². The van der Waals surface area contributed by atoms with E-state index in [1.165, 1.54) is 0 Å². The summed E-state index contributed by atoms with van der Waals surface area (Å²) in [4.78, 5) is 10.5. The van der Waals surface area contributed by atoms with Crippen LogP contribution in [0, 0.1) is 5.92 Å². The molecule has 0 N–H and O–H groups in total. The maximum Gasteiger partial charge on any atom is 0.314 e. The molecule has 0 saturated carbocycles. The van der Waals surface area contributed by atoms with Crippen LogP contribution in [0.15, 0.2) is 12.3 Å². The molecule has 2 aliphatic rings. The third-order valence-electron chi connectivity index (χ3n) is 1.68. The van der Waals surface area contributed by atoms with Crippen LogP contribution in [0.3, 0.4) is 0 Å². The summed E-state index contributed by atoms with van der Waals surface area (Å²) < 4.78 is 9.35. The molecule has 2 rings (SSSR count). The minimum Gasteiger partial charge on any atom is -0.431 e. The Morgan fingerprint density at radius 1 is 1.46 bits per heavy atom. The zero-order valence-electron chi connectivity index (χ0n) is 7.50. The van der Waals surface area contributed by atoms with Crippen LogP contribution in [0.1, 0.15) is 27.7 Å². The van der Waals surface area contributed by atoms with Crippen LogP contribution >= 0.6 is 0 Å². The van der Waals surface area contributed by atoms with E-state index in [1.807, 2.05) is 6.92 Å². The van der Waals surface area contributed by atoms with E-state index in [0.717, 1.165) is 6.61 Å². The number of ether oxygens (including phenoxy) is 2. The molecular formula is C10H18O3. The number of hydrogen-bond donors (Lipinski definition) is 0. The molecule has 3 nitrogen and oxygen atoms in total. The van der Waals surface area contributed by atoms with Crippen molar-refractivity contribution >= 4 is 5.97 Å². The predicted molar refractivity (Wildman–Crippen MR) is 51.2 cm³/mol. The number of epoxide rings is 1. The highest BCUT2D eigenvalue weighted by atomic mass is 16.6. The van der Waals surface area contributed by atoms with Gasteiger partial charge in [0.05, 0.1) is 18.6 Å². The van der Waals surface area contributed by atoms with Crippen molar-refractivity contribution < 1.29 is 14.3 Å². The summed E-state index contributed by atoms with van der Waals surface area (Å²) in [6.07, 6.45) is 1.28. The molecule has 2 atom stereocenters. The van der Waals surface area contributed by atoms with Crippen LogP contribution in [0.5, 0.6) is 0 Å². The summed E-state index contributed by atoms with van der Waals surface area (Å²) in [5, 5.41) is 0. The molecule has 2 aliphatic heterocycles. The second-order valence-electron chi connectivity index (χ2n) is 3.21. The number of rotatable bonds is 0. The lowest BCUT2D eigenvalue weighted by molar-refractivity contribution is -0.138. The van der Waals surface area contributed by atoms with E-state index in [2.05, 4.69) is 18.2 Å². The largest absolute Gasteiger partial charge is 0.431 e. The van der Waals surface area contributed by atoms with Gasteiger partial charge < -0.3 is 9.47 Å². The van der Waals surface area contributed by atoms with Crippen molar-refractivity contribution in [2.75, 3.05) is 6.61 Å². The highest BCUT2D eigenvalue weighted by Crippen LogP contribution is 2.21. The van der Waals surface area contributed by atoms with Gasteiger partial charge in [0.15, 0.2) is 0 Å². The Labute approximate surface area is 79.7 Å². The van der Waals surface area contributed by atoms with Crippen molar-refractivity contribution in [1.82, 2.24) is 0 Å². The van der Waals surface area contributed by atoms with E-state index in [4.69, 9.17) is 4.74 Å². The first-order chi connectivity index (χ1) is 5.59. The standard InChI is InChI=1S/C6H8O2.C3H6O.CH4/c1-4-3-5(2)8-6(4)7;1-3-2-4-3;/h4H,2-3H2,1H3;3H,2H2,1H3;1H4. The minimum absolute atomic E-state index is 0. The number of hydrogen-bond acceptors (Lipinski definition) is 3. The van der Waals surface area contributed by atoms with E-state index in [9.17, 15) is 4.79 Å². The smallest absolute Gasteiger partial charge is 0.314 e. The molecule has 0 amide bonds. The summed E-state index contributed by atoms with van der Waals surface area (Å²) in [6.45, 7) is 8.39. The Hall–Kier alpha value is -0.830. The maximum atomic E-state index is 10.5. The molecule has 2 heterocycles. The lowest BCUT2D eigenvalue weighted by Gasteiger charge is -1.88. The Kier molecular flexibility index (Phi) is 4.70. The van der Waals surface area contributed by atoms with Crippen LogP contribution in [-0.4, -0.2) is 18.7 Å². The molecule has 0 aromatic heterocycles. The normalized spacial score (nSPS) is 29.7. The van der Waals surface area contributed by atoms with E-state index < -0.39 is 0 Å². The molecule has 0 aliphatic carbocycles. The van der Waals surface area contributed by atoms with Gasteiger partial charge in [0, 0.05) is 6.42 Å². The third-order valence-corrected chi connectivity index (χ3v) is 1.68. The lowest BCUT2D eigenvalue weighted by atomic mass is 10.1. The molecule has 13 heavy (non-hydrogen) atoms. The minimum atomic E-state index is -0.144. The topological polar surface area (TPSA) is 38.8 Å². The zero-order chi connectivity index (χ0) is 9.14. The fourth-order valence-electron chi connectivity index (χ4n) is 0.806. The molecule has 2 fully saturated rings. The fraction of sp³-hybridized carbons (Fsp3) is 0.700. The molecular weight excluding hydrogens is 168 g/mol. The average molecular weight is 186 g/mol. The third kappa shape index (κ3) is 4.68. The first-order valence-corrected chi connectivity index (χ1v) is 4.10. The number of carbonyl (C=O) groups is 1. The molecule has 0 radical (unpaired) electrons. The van der Waals surface area contributed by atoms with Gasteiger partial charge in [0.2, 0.25) is 0 Å². The number of cyclic esters (lactones) is 1. The summed E-state index contributed by atoms with van der Waals surface area (Å²) >= 11 is 0. The molecule has 0 aromatic rings. The number of allylic oxidation sites excluding steroid dienone is 1. The van der Waals surface area contributed by atoms with Crippen LogP contribution in [0.25, 0.3) is 0 Å². The summed E-state index contributed by atoms with van der Waals surface area (Å²) in [6, 6.07) is 0. The van der Waals surface area contributed by atoms with Gasteiger partial charge in [-0.25, -0.2) is 0 Å². The highest BCUT2D eigenvalue weighted by molar-refractivity contribution is 5.75. The molecule has 2 unspecified atom stereocenters. The van der Waals surface area contributed by atoms with Crippen molar-refractivity contribution in [2.45, 2.75) is 33.8 Å².